The molecule has 96 valence electrons. The average Bonchev–Trinajstić information content (AvgIpc) is 2.35. The number of nitrogens with zero attached hydrogens (tertiary/aromatic N) is 1. The van der Waals surface area contributed by atoms with E-state index in [1.165, 1.54) is 24.3 Å². The van der Waals surface area contributed by atoms with Crippen LogP contribution in [0.5, 0.6) is 0 Å². The normalized spacial score (nSPS) is 10.3. The summed E-state index contributed by atoms with van der Waals surface area (Å²) in [6, 6.07) is 6.53. The van der Waals surface area contributed by atoms with Gasteiger partial charge in [-0.05, 0) is 17.5 Å². The van der Waals surface area contributed by atoms with Crippen LogP contribution in [0.4, 0.5) is 5.69 Å². The third-order valence-electron chi connectivity index (χ3n) is 2.66. The molecule has 0 aromatic heterocycles. The number of carbonyl (C=O) groups is 2. The molecule has 0 aliphatic rings. The smallest absolute Gasteiger partial charge is 0.343 e. The molecule has 2 N–H and O–H groups in total. The highest BCUT2D eigenvalue weighted by Crippen LogP contribution is 2.30. The minimum absolute atomic E-state index is 0.142. The first-order valence-corrected chi connectivity index (χ1v) is 5.10. The predicted molar refractivity (Wildman–Crippen MR) is 64.5 cm³/mol. The van der Waals surface area contributed by atoms with E-state index in [0.717, 1.165) is 6.07 Å². The predicted octanol–water partition coefficient (Wildman–Crippen LogP) is 2.14. The zero-order valence-corrected chi connectivity index (χ0v) is 9.36. The van der Waals surface area contributed by atoms with Gasteiger partial charge >= 0.3 is 11.9 Å². The topological polar surface area (TPSA) is 118 Å². The fourth-order valence-corrected chi connectivity index (χ4v) is 1.92. The maximum atomic E-state index is 11.2. The Bertz CT molecular complexity index is 721. The Morgan fingerprint density at radius 2 is 1.74 bits per heavy atom. The first-order chi connectivity index (χ1) is 8.93. The number of hydrogen-bond donors (Lipinski definition) is 2. The van der Waals surface area contributed by atoms with E-state index in [1.807, 2.05) is 0 Å². The van der Waals surface area contributed by atoms with E-state index in [0.29, 0.717) is 5.39 Å². The maximum Gasteiger partial charge on any atom is 0.343 e. The van der Waals surface area contributed by atoms with E-state index < -0.39 is 28.1 Å². The van der Waals surface area contributed by atoms with Gasteiger partial charge in [0.05, 0.1) is 10.5 Å². The number of nitro benzene ring substituents is 1. The number of rotatable bonds is 3. The van der Waals surface area contributed by atoms with Crippen LogP contribution in [0.25, 0.3) is 10.8 Å². The third kappa shape index (κ3) is 1.97. The van der Waals surface area contributed by atoms with Gasteiger partial charge in [0, 0.05) is 11.5 Å². The van der Waals surface area contributed by atoms with Crippen molar-refractivity contribution in [3.8, 4) is 0 Å². The Morgan fingerprint density at radius 1 is 1.05 bits per heavy atom. The summed E-state index contributed by atoms with van der Waals surface area (Å²) in [5.74, 6) is -2.88. The average molecular weight is 261 g/mol. The van der Waals surface area contributed by atoms with Crippen molar-refractivity contribution < 1.29 is 24.7 Å². The minimum Gasteiger partial charge on any atom is -0.478 e. The van der Waals surface area contributed by atoms with Gasteiger partial charge < -0.3 is 10.2 Å². The van der Waals surface area contributed by atoms with Crippen molar-refractivity contribution in [2.24, 2.45) is 0 Å². The Hall–Kier alpha value is -2.96. The van der Waals surface area contributed by atoms with Crippen LogP contribution >= 0.6 is 0 Å². The molecule has 0 aliphatic carbocycles. The van der Waals surface area contributed by atoms with Crippen LogP contribution in [0.15, 0.2) is 30.3 Å². The molecule has 0 saturated heterocycles. The summed E-state index contributed by atoms with van der Waals surface area (Å²) in [4.78, 5) is 32.3. The van der Waals surface area contributed by atoms with Gasteiger partial charge in [0.25, 0.3) is 5.69 Å². The molecule has 2 rings (SSSR count). The molecule has 2 aromatic rings. The van der Waals surface area contributed by atoms with Gasteiger partial charge in [-0.1, -0.05) is 12.1 Å². The van der Waals surface area contributed by atoms with E-state index in [-0.39, 0.29) is 10.9 Å². The van der Waals surface area contributed by atoms with Gasteiger partial charge in [0.1, 0.15) is 5.56 Å². The molecule has 19 heavy (non-hydrogen) atoms. The summed E-state index contributed by atoms with van der Waals surface area (Å²) in [7, 11) is 0. The fourth-order valence-electron chi connectivity index (χ4n) is 1.92. The van der Waals surface area contributed by atoms with Crippen molar-refractivity contribution in [3.05, 3.63) is 51.6 Å². The van der Waals surface area contributed by atoms with Crippen LogP contribution in [0, 0.1) is 10.1 Å². The van der Waals surface area contributed by atoms with E-state index in [9.17, 15) is 19.7 Å². The molecule has 0 aliphatic heterocycles. The van der Waals surface area contributed by atoms with Crippen LogP contribution < -0.4 is 0 Å². The van der Waals surface area contributed by atoms with Crippen LogP contribution in [-0.4, -0.2) is 27.1 Å². The summed E-state index contributed by atoms with van der Waals surface area (Å²) in [5, 5.41) is 29.2. The highest BCUT2D eigenvalue weighted by molar-refractivity contribution is 6.14. The molecule has 0 heterocycles. The molecular weight excluding hydrogens is 254 g/mol. The van der Waals surface area contributed by atoms with Crippen molar-refractivity contribution in [1.82, 2.24) is 0 Å². The summed E-state index contributed by atoms with van der Waals surface area (Å²) in [5.41, 5.74) is -1.52. The van der Waals surface area contributed by atoms with E-state index in [1.54, 1.807) is 0 Å². The van der Waals surface area contributed by atoms with E-state index in [4.69, 9.17) is 10.2 Å². The molecule has 0 atom stereocenters. The summed E-state index contributed by atoms with van der Waals surface area (Å²) in [6.07, 6.45) is 0. The number of nitro groups is 1. The largest absolute Gasteiger partial charge is 0.478 e. The van der Waals surface area contributed by atoms with Crippen LogP contribution in [-0.2, 0) is 0 Å². The first-order valence-electron chi connectivity index (χ1n) is 5.10. The van der Waals surface area contributed by atoms with Gasteiger partial charge in [-0.3, -0.25) is 10.1 Å². The second-order valence-electron chi connectivity index (χ2n) is 3.73. The van der Waals surface area contributed by atoms with E-state index >= 15 is 0 Å². The number of aromatic carboxylic acids is 2. The Kier molecular flexibility index (Phi) is 2.88. The van der Waals surface area contributed by atoms with Crippen LogP contribution in [0.3, 0.4) is 0 Å². The van der Waals surface area contributed by atoms with E-state index in [2.05, 4.69) is 0 Å². The zero-order valence-electron chi connectivity index (χ0n) is 9.36. The molecule has 0 saturated carbocycles. The Morgan fingerprint density at radius 3 is 2.26 bits per heavy atom. The molecule has 0 bridgehead atoms. The highest BCUT2D eigenvalue weighted by Gasteiger charge is 2.25. The van der Waals surface area contributed by atoms with Crippen molar-refractivity contribution in [2.75, 3.05) is 0 Å². The number of carboxylic acids is 2. The molecular formula is C12H7NO6. The van der Waals surface area contributed by atoms with Crippen molar-refractivity contribution in [1.29, 1.82) is 0 Å². The second kappa shape index (κ2) is 4.37. The van der Waals surface area contributed by atoms with Gasteiger partial charge in [-0.25, -0.2) is 9.59 Å². The van der Waals surface area contributed by atoms with Crippen molar-refractivity contribution in [3.63, 3.8) is 0 Å². The second-order valence-corrected chi connectivity index (χ2v) is 3.73. The van der Waals surface area contributed by atoms with Crippen LogP contribution in [0.1, 0.15) is 20.7 Å². The van der Waals surface area contributed by atoms with Crippen molar-refractivity contribution in [2.45, 2.75) is 0 Å². The lowest BCUT2D eigenvalue weighted by molar-refractivity contribution is -0.385. The quantitative estimate of drug-likeness (QED) is 0.645. The highest BCUT2D eigenvalue weighted by atomic mass is 16.6. The molecule has 2 aromatic carbocycles. The number of fused-ring (bicyclic) bond motifs is 1. The zero-order chi connectivity index (χ0) is 14.2. The molecule has 7 nitrogen and oxygen atoms in total. The van der Waals surface area contributed by atoms with Crippen molar-refractivity contribution >= 4 is 28.4 Å². The molecule has 0 radical (unpaired) electrons. The number of carboxylic acid groups (broad SMARTS) is 2. The standard InChI is InChI=1S/C12H7NO6/c14-11(15)7-3-1-2-6-4-5-8(13(18)19)10(9(6)7)12(16)17/h1-5H,(H,14,15)(H,16,17). The fraction of sp³-hybridized carbons (Fsp3) is 0. The number of hydrogen-bond acceptors (Lipinski definition) is 4. The molecule has 0 fully saturated rings. The Balaban J connectivity index is 3.02. The summed E-state index contributed by atoms with van der Waals surface area (Å²) in [6.45, 7) is 0. The molecule has 0 spiro atoms. The molecule has 0 amide bonds. The monoisotopic (exact) mass is 261 g/mol. The van der Waals surface area contributed by atoms with Gasteiger partial charge in [0.2, 0.25) is 0 Å². The lowest BCUT2D eigenvalue weighted by Gasteiger charge is -2.06. The SMILES string of the molecule is O=C(O)c1cccc2ccc([N+](=O)[O-])c(C(=O)O)c12. The maximum absolute atomic E-state index is 11.2. The lowest BCUT2D eigenvalue weighted by atomic mass is 9.98. The molecule has 0 unspecified atom stereocenters. The minimum atomic E-state index is -1.54. The van der Waals surface area contributed by atoms with Gasteiger partial charge in [-0.2, -0.15) is 0 Å². The van der Waals surface area contributed by atoms with Gasteiger partial charge in [-0.15, -0.1) is 0 Å². The van der Waals surface area contributed by atoms with Gasteiger partial charge in [0.15, 0.2) is 0 Å². The number of benzene rings is 2. The summed E-state index contributed by atoms with van der Waals surface area (Å²) >= 11 is 0. The Labute approximate surface area is 105 Å². The first kappa shape index (κ1) is 12.5. The third-order valence-corrected chi connectivity index (χ3v) is 2.66. The summed E-state index contributed by atoms with van der Waals surface area (Å²) < 4.78 is 0. The van der Waals surface area contributed by atoms with Crippen LogP contribution in [0.2, 0.25) is 0 Å². The lowest BCUT2D eigenvalue weighted by Crippen LogP contribution is -2.07. The molecule has 7 heteroatoms.